The summed E-state index contributed by atoms with van der Waals surface area (Å²) in [5, 5.41) is 8.62. The van der Waals surface area contributed by atoms with Crippen LogP contribution in [0.5, 0.6) is 0 Å². The molecule has 0 aliphatic rings. The molecule has 7 heteroatoms. The molecule has 0 saturated carbocycles. The van der Waals surface area contributed by atoms with Gasteiger partial charge in [0.15, 0.2) is 0 Å². The number of halogens is 1. The maximum absolute atomic E-state index is 12.1. The molecule has 15 heavy (non-hydrogen) atoms. The second-order valence-corrected chi connectivity index (χ2v) is 6.03. The van der Waals surface area contributed by atoms with E-state index < -0.39 is 19.5 Å². The molecule has 1 rings (SSSR count). The van der Waals surface area contributed by atoms with Gasteiger partial charge in [0.25, 0.3) is 7.37 Å². The van der Waals surface area contributed by atoms with Crippen molar-refractivity contribution in [2.24, 2.45) is 0 Å². The van der Waals surface area contributed by atoms with E-state index in [2.05, 4.69) is 20.9 Å². The van der Waals surface area contributed by atoms with Crippen LogP contribution >= 0.6 is 23.3 Å². The Balaban J connectivity index is 3.11. The van der Waals surface area contributed by atoms with E-state index in [0.717, 1.165) is 0 Å². The number of aliphatic carboxylic acids is 1. The highest BCUT2D eigenvalue weighted by Gasteiger charge is 2.29. The van der Waals surface area contributed by atoms with E-state index in [1.165, 1.54) is 13.2 Å². The van der Waals surface area contributed by atoms with Crippen LogP contribution in [0.25, 0.3) is 0 Å². The van der Waals surface area contributed by atoms with E-state index in [1.807, 2.05) is 0 Å². The average molecular weight is 294 g/mol. The van der Waals surface area contributed by atoms with Gasteiger partial charge in [-0.25, -0.2) is 4.98 Å². The summed E-state index contributed by atoms with van der Waals surface area (Å²) in [4.78, 5) is 14.5. The van der Waals surface area contributed by atoms with Crippen molar-refractivity contribution in [3.8, 4) is 0 Å². The quantitative estimate of drug-likeness (QED) is 0.672. The van der Waals surface area contributed by atoms with Crippen molar-refractivity contribution in [2.45, 2.75) is 0 Å². The molecule has 0 aromatic carbocycles. The third kappa shape index (κ3) is 3.12. The minimum atomic E-state index is -3.38. The molecule has 1 atom stereocenters. The van der Waals surface area contributed by atoms with Gasteiger partial charge in [-0.1, -0.05) is 6.07 Å². The minimum absolute atomic E-state index is 0.154. The number of carbonyl (C=O) groups is 1. The predicted octanol–water partition coefficient (Wildman–Crippen LogP) is 1.48. The van der Waals surface area contributed by atoms with Crippen molar-refractivity contribution in [2.75, 3.05) is 13.3 Å². The van der Waals surface area contributed by atoms with Crippen molar-refractivity contribution in [1.82, 2.24) is 4.98 Å². The van der Waals surface area contributed by atoms with E-state index in [1.54, 1.807) is 12.1 Å². The number of carboxylic acids is 1. The van der Waals surface area contributed by atoms with Gasteiger partial charge in [-0.2, -0.15) is 0 Å². The van der Waals surface area contributed by atoms with Crippen LogP contribution in [-0.4, -0.2) is 29.3 Å². The topological polar surface area (TPSA) is 76.5 Å². The number of rotatable bonds is 4. The number of hydrogen-bond acceptors (Lipinski definition) is 4. The largest absolute Gasteiger partial charge is 0.481 e. The van der Waals surface area contributed by atoms with Gasteiger partial charge in [-0.15, -0.1) is 0 Å². The highest BCUT2D eigenvalue weighted by molar-refractivity contribution is 9.10. The summed E-state index contributed by atoms with van der Waals surface area (Å²) in [7, 11) is -2.16. The molecule has 1 N–H and O–H groups in total. The third-order valence-electron chi connectivity index (χ3n) is 1.69. The molecular formula is C8H9BrNO4P. The van der Waals surface area contributed by atoms with E-state index >= 15 is 0 Å². The van der Waals surface area contributed by atoms with Gasteiger partial charge >= 0.3 is 5.97 Å². The van der Waals surface area contributed by atoms with Crippen LogP contribution in [0.3, 0.4) is 0 Å². The van der Waals surface area contributed by atoms with Crippen LogP contribution in [0.1, 0.15) is 0 Å². The Morgan fingerprint density at radius 1 is 1.67 bits per heavy atom. The van der Waals surface area contributed by atoms with Crippen LogP contribution in [0.15, 0.2) is 22.8 Å². The standard InChI is InChI=1S/C8H9BrNO4P/c1-14-15(13,5-8(11)12)7-4-2-3-6(9)10-7/h2-4H,5H2,1H3,(H,11,12). The molecule has 1 heterocycles. The van der Waals surface area contributed by atoms with Crippen LogP contribution in [0.4, 0.5) is 0 Å². The monoisotopic (exact) mass is 293 g/mol. The fourth-order valence-corrected chi connectivity index (χ4v) is 2.89. The summed E-state index contributed by atoms with van der Waals surface area (Å²) in [6.45, 7) is 0. The highest BCUT2D eigenvalue weighted by Crippen LogP contribution is 2.43. The third-order valence-corrected chi connectivity index (χ3v) is 4.35. The van der Waals surface area contributed by atoms with Crippen LogP contribution in [-0.2, 0) is 13.9 Å². The lowest BCUT2D eigenvalue weighted by Crippen LogP contribution is -2.17. The summed E-state index contributed by atoms with van der Waals surface area (Å²) in [5.74, 6) is -1.18. The van der Waals surface area contributed by atoms with E-state index in [0.29, 0.717) is 4.60 Å². The van der Waals surface area contributed by atoms with Crippen LogP contribution in [0.2, 0.25) is 0 Å². The minimum Gasteiger partial charge on any atom is -0.481 e. The number of aromatic nitrogens is 1. The maximum Gasteiger partial charge on any atom is 0.313 e. The first-order valence-corrected chi connectivity index (χ1v) is 6.58. The van der Waals surface area contributed by atoms with Crippen molar-refractivity contribution in [3.63, 3.8) is 0 Å². The van der Waals surface area contributed by atoms with E-state index in [9.17, 15) is 9.36 Å². The fraction of sp³-hybridized carbons (Fsp3) is 0.250. The van der Waals surface area contributed by atoms with Gasteiger partial charge in [0.05, 0.1) is 0 Å². The Morgan fingerprint density at radius 3 is 2.80 bits per heavy atom. The molecule has 0 aliphatic carbocycles. The predicted molar refractivity (Wildman–Crippen MR) is 58.7 cm³/mol. The molecule has 82 valence electrons. The first-order valence-electron chi connectivity index (χ1n) is 3.97. The molecule has 0 aliphatic heterocycles. The molecule has 0 amide bonds. The average Bonchev–Trinajstić information content (AvgIpc) is 2.16. The first-order chi connectivity index (χ1) is 6.98. The lowest BCUT2D eigenvalue weighted by molar-refractivity contribution is -0.134. The van der Waals surface area contributed by atoms with Crippen LogP contribution < -0.4 is 5.44 Å². The van der Waals surface area contributed by atoms with Crippen molar-refractivity contribution in [1.29, 1.82) is 0 Å². The molecule has 0 radical (unpaired) electrons. The zero-order valence-electron chi connectivity index (χ0n) is 7.88. The zero-order chi connectivity index (χ0) is 11.5. The SMILES string of the molecule is COP(=O)(CC(=O)O)c1cccc(Br)n1. The molecule has 0 spiro atoms. The first kappa shape index (κ1) is 12.4. The Hall–Kier alpha value is -0.710. The Morgan fingerprint density at radius 2 is 2.33 bits per heavy atom. The molecule has 1 unspecified atom stereocenters. The normalized spacial score (nSPS) is 14.5. The molecular weight excluding hydrogens is 285 g/mol. The van der Waals surface area contributed by atoms with E-state index in [4.69, 9.17) is 9.63 Å². The van der Waals surface area contributed by atoms with Crippen molar-refractivity contribution >= 4 is 34.7 Å². The second kappa shape index (κ2) is 4.88. The molecule has 1 aromatic heterocycles. The van der Waals surface area contributed by atoms with Gasteiger partial charge in [-0.3, -0.25) is 9.36 Å². The van der Waals surface area contributed by atoms with Crippen molar-refractivity contribution in [3.05, 3.63) is 22.8 Å². The summed E-state index contributed by atoms with van der Waals surface area (Å²) in [6.07, 6.45) is -0.563. The molecule has 0 saturated heterocycles. The van der Waals surface area contributed by atoms with Crippen LogP contribution in [0, 0.1) is 0 Å². The molecule has 0 fully saturated rings. The number of pyridine rings is 1. The van der Waals surface area contributed by atoms with Gasteiger partial charge in [0.1, 0.15) is 16.2 Å². The summed E-state index contributed by atoms with van der Waals surface area (Å²) >= 11 is 3.11. The summed E-state index contributed by atoms with van der Waals surface area (Å²) in [5.41, 5.74) is 0.154. The molecule has 0 bridgehead atoms. The van der Waals surface area contributed by atoms with Gasteiger partial charge in [0, 0.05) is 7.11 Å². The zero-order valence-corrected chi connectivity index (χ0v) is 10.4. The fourth-order valence-electron chi connectivity index (χ4n) is 1.00. The molecule has 5 nitrogen and oxygen atoms in total. The lowest BCUT2D eigenvalue weighted by Gasteiger charge is -2.12. The Labute approximate surface area is 95.1 Å². The second-order valence-electron chi connectivity index (χ2n) is 2.73. The van der Waals surface area contributed by atoms with Gasteiger partial charge in [0.2, 0.25) is 0 Å². The van der Waals surface area contributed by atoms with Gasteiger partial charge in [-0.05, 0) is 28.1 Å². The summed E-state index contributed by atoms with van der Waals surface area (Å²) in [6, 6.07) is 4.77. The number of hydrogen-bond donors (Lipinski definition) is 1. The molecule has 1 aromatic rings. The number of nitrogens with zero attached hydrogens (tertiary/aromatic N) is 1. The lowest BCUT2D eigenvalue weighted by atomic mass is 10.5. The highest BCUT2D eigenvalue weighted by atomic mass is 79.9. The Bertz CT molecular complexity index is 423. The van der Waals surface area contributed by atoms with Gasteiger partial charge < -0.3 is 9.63 Å². The smallest absolute Gasteiger partial charge is 0.313 e. The number of carboxylic acid groups (broad SMARTS) is 1. The summed E-state index contributed by atoms with van der Waals surface area (Å²) < 4.78 is 17.3. The van der Waals surface area contributed by atoms with Crippen molar-refractivity contribution < 1.29 is 19.0 Å². The van der Waals surface area contributed by atoms with E-state index in [-0.39, 0.29) is 5.44 Å². The Kier molecular flexibility index (Phi) is 4.02. The maximum atomic E-state index is 12.1.